The Hall–Kier alpha value is -2.83. The molecule has 0 amide bonds. The second kappa shape index (κ2) is 5.51. The highest BCUT2D eigenvalue weighted by atomic mass is 16.5. The molecule has 0 aliphatic rings. The molecule has 0 radical (unpaired) electrons. The molecule has 2 N–H and O–H groups in total. The van der Waals surface area contributed by atoms with Crippen LogP contribution in [0.1, 0.15) is 17.0 Å². The van der Waals surface area contributed by atoms with Crippen LogP contribution >= 0.6 is 0 Å². The number of aryl methyl sites for hydroxylation is 2. The fourth-order valence-corrected chi connectivity index (χ4v) is 2.47. The smallest absolute Gasteiger partial charge is 0.340 e. The van der Waals surface area contributed by atoms with Crippen LogP contribution in [0.3, 0.4) is 0 Å². The van der Waals surface area contributed by atoms with Crippen molar-refractivity contribution in [3.8, 4) is 17.1 Å². The second-order valence-electron chi connectivity index (χ2n) is 5.14. The molecule has 0 aliphatic carbocycles. The van der Waals surface area contributed by atoms with Crippen LogP contribution in [0, 0.1) is 13.8 Å². The average Bonchev–Trinajstić information content (AvgIpc) is 3.10. The van der Waals surface area contributed by atoms with Gasteiger partial charge in [-0.25, -0.2) is 14.9 Å². The zero-order chi connectivity index (χ0) is 15.7. The van der Waals surface area contributed by atoms with Crippen molar-refractivity contribution in [1.82, 2.24) is 24.7 Å². The van der Waals surface area contributed by atoms with Crippen molar-refractivity contribution < 1.29 is 4.74 Å². The lowest BCUT2D eigenvalue weighted by Crippen LogP contribution is -2.06. The topological polar surface area (TPSA) is 88.6 Å². The summed E-state index contributed by atoms with van der Waals surface area (Å²) in [5.74, 6) is 2.25. The third kappa shape index (κ3) is 2.52. The fourth-order valence-electron chi connectivity index (χ4n) is 2.47. The molecule has 0 atom stereocenters. The van der Waals surface area contributed by atoms with Crippen LogP contribution in [0.4, 0.5) is 0 Å². The molecule has 1 aromatic carbocycles. The number of hydrogen-bond donors (Lipinski definition) is 2. The molecular weight excluding hydrogens is 282 g/mol. The van der Waals surface area contributed by atoms with E-state index in [0.717, 1.165) is 28.3 Å². The number of nitrogens with zero attached hydrogens (tertiary/aromatic N) is 3. The van der Waals surface area contributed by atoms with Gasteiger partial charge in [0.15, 0.2) is 5.82 Å². The molecule has 0 aliphatic heterocycles. The van der Waals surface area contributed by atoms with Crippen LogP contribution in [0.2, 0.25) is 0 Å². The maximum absolute atomic E-state index is 11.1. The van der Waals surface area contributed by atoms with Gasteiger partial charge in [0, 0.05) is 18.0 Å². The number of benzene rings is 1. The molecule has 0 bridgehead atoms. The Bertz CT molecular complexity index is 859. The molecule has 0 saturated carbocycles. The van der Waals surface area contributed by atoms with Crippen LogP contribution in [-0.4, -0.2) is 31.8 Å². The molecule has 2 aromatic heterocycles. The van der Waals surface area contributed by atoms with Gasteiger partial charge in [0.05, 0.1) is 13.7 Å². The highest BCUT2D eigenvalue weighted by Crippen LogP contribution is 2.29. The van der Waals surface area contributed by atoms with Gasteiger partial charge in [-0.05, 0) is 37.1 Å². The van der Waals surface area contributed by atoms with Crippen LogP contribution in [-0.2, 0) is 6.54 Å². The summed E-state index contributed by atoms with van der Waals surface area (Å²) in [4.78, 5) is 18.2. The van der Waals surface area contributed by atoms with E-state index in [9.17, 15) is 4.79 Å². The minimum absolute atomic E-state index is 0.312. The van der Waals surface area contributed by atoms with E-state index < -0.39 is 0 Å². The maximum atomic E-state index is 11.1. The predicted molar refractivity (Wildman–Crippen MR) is 82.0 cm³/mol. The summed E-state index contributed by atoms with van der Waals surface area (Å²) in [5.41, 5.74) is 2.84. The molecule has 22 heavy (non-hydrogen) atoms. The van der Waals surface area contributed by atoms with Crippen molar-refractivity contribution in [3.05, 3.63) is 52.0 Å². The third-order valence-electron chi connectivity index (χ3n) is 3.57. The van der Waals surface area contributed by atoms with E-state index in [4.69, 9.17) is 4.74 Å². The van der Waals surface area contributed by atoms with Crippen LogP contribution in [0.25, 0.3) is 11.4 Å². The normalized spacial score (nSPS) is 10.9. The van der Waals surface area contributed by atoms with Gasteiger partial charge in [-0.3, -0.25) is 4.98 Å². The van der Waals surface area contributed by atoms with E-state index in [1.54, 1.807) is 13.3 Å². The molecule has 3 rings (SSSR count). The molecule has 0 saturated heterocycles. The van der Waals surface area contributed by atoms with Crippen molar-refractivity contribution in [2.24, 2.45) is 0 Å². The summed E-state index contributed by atoms with van der Waals surface area (Å²) in [6, 6.07) is 4.06. The summed E-state index contributed by atoms with van der Waals surface area (Å²) in [6.45, 7) is 4.46. The number of ether oxygens (including phenoxy) is 1. The molecule has 0 unspecified atom stereocenters. The van der Waals surface area contributed by atoms with E-state index in [2.05, 4.69) is 26.2 Å². The maximum Gasteiger partial charge on any atom is 0.340 e. The number of hydrogen-bond acceptors (Lipinski definition) is 4. The molecule has 0 fully saturated rings. The average molecular weight is 299 g/mol. The number of imidazole rings is 1. The Labute approximate surface area is 127 Å². The van der Waals surface area contributed by atoms with Crippen molar-refractivity contribution in [3.63, 3.8) is 0 Å². The number of H-pyrrole nitrogens is 2. The standard InChI is InChI=1S/C15H17N5O2/c1-9-7-12(22-3)10(2)6-11(9)14-16-4-5-20(14)8-13-17-15(21)19-18-13/h4-7H,8H2,1-3H3,(H2,17,18,19,21). The minimum atomic E-state index is -0.312. The lowest BCUT2D eigenvalue weighted by molar-refractivity contribution is 0.411. The first kappa shape index (κ1) is 14.1. The van der Waals surface area contributed by atoms with E-state index in [0.29, 0.717) is 12.4 Å². The first-order valence-corrected chi connectivity index (χ1v) is 6.89. The predicted octanol–water partition coefficient (Wildman–Crippen LogP) is 1.64. The summed E-state index contributed by atoms with van der Waals surface area (Å²) < 4.78 is 7.29. The van der Waals surface area contributed by atoms with E-state index in [-0.39, 0.29) is 5.69 Å². The van der Waals surface area contributed by atoms with Crippen molar-refractivity contribution in [2.75, 3.05) is 7.11 Å². The highest BCUT2D eigenvalue weighted by Gasteiger charge is 2.13. The van der Waals surface area contributed by atoms with E-state index >= 15 is 0 Å². The zero-order valence-electron chi connectivity index (χ0n) is 12.7. The third-order valence-corrected chi connectivity index (χ3v) is 3.57. The molecule has 2 heterocycles. The summed E-state index contributed by atoms with van der Waals surface area (Å²) in [7, 11) is 1.66. The van der Waals surface area contributed by atoms with E-state index in [1.165, 1.54) is 0 Å². The van der Waals surface area contributed by atoms with Crippen molar-refractivity contribution >= 4 is 0 Å². The lowest BCUT2D eigenvalue weighted by Gasteiger charge is -2.12. The second-order valence-corrected chi connectivity index (χ2v) is 5.14. The van der Waals surface area contributed by atoms with Gasteiger partial charge in [-0.1, -0.05) is 0 Å². The van der Waals surface area contributed by atoms with Gasteiger partial charge in [0.2, 0.25) is 0 Å². The van der Waals surface area contributed by atoms with Crippen molar-refractivity contribution in [2.45, 2.75) is 20.4 Å². The Kier molecular flexibility index (Phi) is 3.54. The van der Waals surface area contributed by atoms with Gasteiger partial charge in [-0.2, -0.15) is 5.10 Å². The van der Waals surface area contributed by atoms with Crippen LogP contribution in [0.5, 0.6) is 5.75 Å². The first-order valence-electron chi connectivity index (χ1n) is 6.89. The molecule has 7 nitrogen and oxygen atoms in total. The Morgan fingerprint density at radius 3 is 2.77 bits per heavy atom. The first-order chi connectivity index (χ1) is 10.6. The van der Waals surface area contributed by atoms with Gasteiger partial charge < -0.3 is 9.30 Å². The monoisotopic (exact) mass is 299 g/mol. The SMILES string of the molecule is COc1cc(C)c(-c2nccn2Cc2n[nH]c(=O)[nH]2)cc1C. The lowest BCUT2D eigenvalue weighted by atomic mass is 10.0. The molecule has 7 heteroatoms. The van der Waals surface area contributed by atoms with Crippen molar-refractivity contribution in [1.29, 1.82) is 0 Å². The Morgan fingerprint density at radius 1 is 1.27 bits per heavy atom. The van der Waals surface area contributed by atoms with Gasteiger partial charge in [-0.15, -0.1) is 0 Å². The van der Waals surface area contributed by atoms with Gasteiger partial charge in [0.25, 0.3) is 0 Å². The number of aromatic amines is 2. The fraction of sp³-hybridized carbons (Fsp3) is 0.267. The quantitative estimate of drug-likeness (QED) is 0.766. The minimum Gasteiger partial charge on any atom is -0.496 e. The molecule has 0 spiro atoms. The Balaban J connectivity index is 2.01. The summed E-state index contributed by atoms with van der Waals surface area (Å²) in [5, 5.41) is 6.30. The summed E-state index contributed by atoms with van der Waals surface area (Å²) in [6.07, 6.45) is 3.60. The highest BCUT2D eigenvalue weighted by molar-refractivity contribution is 5.64. The Morgan fingerprint density at radius 2 is 2.09 bits per heavy atom. The summed E-state index contributed by atoms with van der Waals surface area (Å²) >= 11 is 0. The van der Waals surface area contributed by atoms with E-state index in [1.807, 2.05) is 30.7 Å². The number of nitrogens with one attached hydrogen (secondary N) is 2. The zero-order valence-corrected chi connectivity index (χ0v) is 12.7. The van der Waals surface area contributed by atoms with Crippen LogP contribution in [0.15, 0.2) is 29.3 Å². The number of rotatable bonds is 4. The molecule has 3 aromatic rings. The van der Waals surface area contributed by atoms with Crippen LogP contribution < -0.4 is 10.4 Å². The molecule has 114 valence electrons. The van der Waals surface area contributed by atoms with Gasteiger partial charge in [0.1, 0.15) is 11.6 Å². The molecular formula is C15H17N5O2. The largest absolute Gasteiger partial charge is 0.496 e. The number of methoxy groups -OCH3 is 1. The van der Waals surface area contributed by atoms with Gasteiger partial charge >= 0.3 is 5.69 Å². The number of aromatic nitrogens is 5.